The van der Waals surface area contributed by atoms with Crippen LogP contribution in [0.4, 0.5) is 4.39 Å². The van der Waals surface area contributed by atoms with E-state index in [9.17, 15) is 14.4 Å². The minimum absolute atomic E-state index is 0.0516. The lowest BCUT2D eigenvalue weighted by Gasteiger charge is -2.33. The van der Waals surface area contributed by atoms with Crippen LogP contribution in [0.5, 0.6) is 11.5 Å². The molecule has 0 unspecified atom stereocenters. The van der Waals surface area contributed by atoms with E-state index in [-0.39, 0.29) is 34.2 Å². The lowest BCUT2D eigenvalue weighted by molar-refractivity contribution is -0.122. The summed E-state index contributed by atoms with van der Waals surface area (Å²) < 4.78 is 36.2. The van der Waals surface area contributed by atoms with Crippen molar-refractivity contribution < 1.29 is 27.9 Å². The summed E-state index contributed by atoms with van der Waals surface area (Å²) in [6.45, 7) is 14.5. The lowest BCUT2D eigenvalue weighted by atomic mass is 10.0. The summed E-state index contributed by atoms with van der Waals surface area (Å²) in [5.74, 6) is -0.401. The number of fused-ring (bicyclic) bond motifs is 5. The number of nitrogens with zero attached hydrogens (tertiary/aromatic N) is 4. The fraction of sp³-hybridized carbons (Fsp3) is 0.457. The number of allylic oxidation sites excluding steroid dienone is 1. The maximum atomic E-state index is 16.3. The van der Waals surface area contributed by atoms with E-state index >= 15 is 4.39 Å². The number of hydrogen-bond acceptors (Lipinski definition) is 9. The quantitative estimate of drug-likeness (QED) is 0.103. The number of piperazine rings is 1. The molecule has 0 bridgehead atoms. The monoisotopic (exact) mass is 806 g/mol. The van der Waals surface area contributed by atoms with E-state index in [2.05, 4.69) is 39.2 Å². The lowest BCUT2D eigenvalue weighted by Crippen LogP contribution is -2.47. The Morgan fingerprint density at radius 1 is 0.898 bits per heavy atom. The number of para-hydroxylation sites is 1. The van der Waals surface area contributed by atoms with Crippen molar-refractivity contribution in [2.75, 3.05) is 78.7 Å². The molecular weight excluding hydrogens is 752 g/mol. The van der Waals surface area contributed by atoms with Gasteiger partial charge in [0, 0.05) is 87.9 Å². The highest BCUT2D eigenvalue weighted by Gasteiger charge is 2.29. The second-order valence-corrected chi connectivity index (χ2v) is 15.9. The molecule has 2 aromatic heterocycles. The van der Waals surface area contributed by atoms with Gasteiger partial charge in [-0.05, 0) is 63.4 Å². The number of aromatic nitrogens is 1. The Morgan fingerprint density at radius 3 is 2.47 bits per heavy atom. The molecule has 312 valence electrons. The summed E-state index contributed by atoms with van der Waals surface area (Å²) >= 11 is 0. The molecule has 3 aliphatic heterocycles. The van der Waals surface area contributed by atoms with Crippen molar-refractivity contribution in [1.29, 1.82) is 0 Å². The Kier molecular flexibility index (Phi) is 12.7. The molecule has 2 N–H and O–H groups in total. The molecule has 5 aromatic rings. The average molecular weight is 807 g/mol. The van der Waals surface area contributed by atoms with E-state index in [4.69, 9.17) is 13.9 Å². The number of morpholine rings is 1. The third-order valence-corrected chi connectivity index (χ3v) is 12.1. The van der Waals surface area contributed by atoms with Crippen molar-refractivity contribution in [2.45, 2.75) is 58.4 Å². The number of amides is 2. The van der Waals surface area contributed by atoms with Gasteiger partial charge in [-0.25, -0.2) is 4.39 Å². The van der Waals surface area contributed by atoms with E-state index in [0.29, 0.717) is 67.1 Å². The van der Waals surface area contributed by atoms with Gasteiger partial charge in [-0.15, -0.1) is 0 Å². The van der Waals surface area contributed by atoms with Gasteiger partial charge in [0.1, 0.15) is 28.1 Å². The van der Waals surface area contributed by atoms with Gasteiger partial charge in [0.2, 0.25) is 11.3 Å². The zero-order valence-corrected chi connectivity index (χ0v) is 34.2. The first-order chi connectivity index (χ1) is 28.8. The maximum Gasteiger partial charge on any atom is 0.256 e. The van der Waals surface area contributed by atoms with Crippen LogP contribution >= 0.6 is 0 Å². The first-order valence-corrected chi connectivity index (χ1v) is 21.4. The number of nitrogens with one attached hydrogen (secondary N) is 2. The van der Waals surface area contributed by atoms with Crippen molar-refractivity contribution in [1.82, 2.24) is 29.9 Å². The van der Waals surface area contributed by atoms with Gasteiger partial charge < -0.3 is 38.9 Å². The predicted octanol–water partition coefficient (Wildman–Crippen LogP) is 6.69. The van der Waals surface area contributed by atoms with Crippen LogP contribution < -0.4 is 20.8 Å². The summed E-state index contributed by atoms with van der Waals surface area (Å²) in [5.41, 5.74) is 1.85. The van der Waals surface area contributed by atoms with Crippen molar-refractivity contribution in [3.63, 3.8) is 0 Å². The Balaban J connectivity index is 1.01. The van der Waals surface area contributed by atoms with Crippen molar-refractivity contribution in [3.8, 4) is 17.2 Å². The second kappa shape index (κ2) is 18.5. The third kappa shape index (κ3) is 8.94. The van der Waals surface area contributed by atoms with Gasteiger partial charge in [0.05, 0.1) is 29.9 Å². The van der Waals surface area contributed by atoms with E-state index in [0.717, 1.165) is 88.9 Å². The van der Waals surface area contributed by atoms with Gasteiger partial charge in [0.15, 0.2) is 11.5 Å². The summed E-state index contributed by atoms with van der Waals surface area (Å²) in [4.78, 5) is 47.6. The molecule has 0 aliphatic carbocycles. The number of furan rings is 1. The smallest absolute Gasteiger partial charge is 0.256 e. The molecule has 0 saturated carbocycles. The van der Waals surface area contributed by atoms with E-state index in [1.165, 1.54) is 12.3 Å². The zero-order chi connectivity index (χ0) is 40.9. The first kappa shape index (κ1) is 40.7. The fourth-order valence-electron chi connectivity index (χ4n) is 8.55. The van der Waals surface area contributed by atoms with Crippen molar-refractivity contribution in [2.24, 2.45) is 0 Å². The molecular formula is C46H55FN6O6. The standard InChI is InChI=1S/C46H55FN6O6/c1-3-31(49-42(54)15-18-52-21-19-50(4-2)20-22-52)11-6-5-7-13-33-37(47)27-35-43-45(33)59-41-28-34-32-12-8-9-14-39(32)58-40(34)29-38(41)53(43)30-36(44(35)55)46(56)48-16-10-17-51-23-25-57-26-24-51/h7-9,12-14,27-31H,3-6,10-11,15-26H2,1-2H3,(H,48,56)(H,49,54)/b13-7+/t31-/m0/s1. The topological polar surface area (TPSA) is 122 Å². The third-order valence-electron chi connectivity index (χ3n) is 12.1. The number of carbonyl (C=O) groups excluding carboxylic acids is 2. The van der Waals surface area contributed by atoms with Crippen LogP contribution in [-0.2, 0) is 9.53 Å². The van der Waals surface area contributed by atoms with Crippen LogP contribution in [0.15, 0.2) is 63.9 Å². The summed E-state index contributed by atoms with van der Waals surface area (Å²) in [6.07, 6.45) is 9.44. The normalized spacial score (nSPS) is 16.8. The van der Waals surface area contributed by atoms with Crippen LogP contribution in [-0.4, -0.2) is 116 Å². The van der Waals surface area contributed by atoms with Crippen LogP contribution in [0.3, 0.4) is 0 Å². The van der Waals surface area contributed by atoms with E-state index < -0.39 is 17.2 Å². The number of carbonyl (C=O) groups is 2. The number of likely N-dealkylation sites (N-methyl/N-ethyl adjacent to an activating group) is 1. The maximum absolute atomic E-state index is 16.3. The molecule has 3 aliphatic rings. The molecule has 5 heterocycles. The largest absolute Gasteiger partial charge is 0.456 e. The van der Waals surface area contributed by atoms with Gasteiger partial charge in [-0.3, -0.25) is 19.3 Å². The molecule has 13 heteroatoms. The number of ether oxygens (including phenoxy) is 2. The zero-order valence-electron chi connectivity index (χ0n) is 34.2. The van der Waals surface area contributed by atoms with Gasteiger partial charge >= 0.3 is 0 Å². The Bertz CT molecular complexity index is 2410. The predicted molar refractivity (Wildman–Crippen MR) is 229 cm³/mol. The van der Waals surface area contributed by atoms with Crippen molar-refractivity contribution >= 4 is 50.7 Å². The Labute approximate surface area is 343 Å². The van der Waals surface area contributed by atoms with Gasteiger partial charge in [-0.2, -0.15) is 0 Å². The van der Waals surface area contributed by atoms with Crippen LogP contribution in [0, 0.1) is 5.82 Å². The van der Waals surface area contributed by atoms with Crippen LogP contribution in [0.1, 0.15) is 68.3 Å². The molecule has 59 heavy (non-hydrogen) atoms. The number of halogens is 1. The highest BCUT2D eigenvalue weighted by molar-refractivity contribution is 6.07. The number of rotatable bonds is 16. The molecule has 2 saturated heterocycles. The molecule has 2 fully saturated rings. The highest BCUT2D eigenvalue weighted by Crippen LogP contribution is 2.46. The molecule has 8 rings (SSSR count). The molecule has 0 radical (unpaired) electrons. The molecule has 1 atom stereocenters. The van der Waals surface area contributed by atoms with Crippen molar-refractivity contribution in [3.05, 3.63) is 81.9 Å². The Morgan fingerprint density at radius 2 is 1.68 bits per heavy atom. The number of hydrogen-bond donors (Lipinski definition) is 2. The summed E-state index contributed by atoms with van der Waals surface area (Å²) in [5, 5.41) is 7.93. The number of pyridine rings is 1. The summed E-state index contributed by atoms with van der Waals surface area (Å²) in [7, 11) is 0. The SMILES string of the molecule is CC[C@@H](CCC/C=C/c1c(F)cc2c(=O)c(C(=O)NCCCN3CCOCC3)cn3c2c1Oc1cc2c(cc1-3)oc1ccccc12)NC(=O)CCN1CCN(CC)CC1. The fourth-order valence-corrected chi connectivity index (χ4v) is 8.55. The second-order valence-electron chi connectivity index (χ2n) is 15.9. The minimum atomic E-state index is -0.622. The van der Waals surface area contributed by atoms with E-state index in [1.54, 1.807) is 10.6 Å². The van der Waals surface area contributed by atoms with E-state index in [1.807, 2.05) is 42.5 Å². The highest BCUT2D eigenvalue weighted by atomic mass is 19.1. The Hall–Kier alpha value is -5.08. The molecule has 0 spiro atoms. The van der Waals surface area contributed by atoms with Crippen LogP contribution in [0.2, 0.25) is 0 Å². The summed E-state index contributed by atoms with van der Waals surface area (Å²) in [6, 6.07) is 12.7. The molecule has 12 nitrogen and oxygen atoms in total. The molecule has 3 aromatic carbocycles. The molecule has 2 amide bonds. The van der Waals surface area contributed by atoms with Gasteiger partial charge in [0.25, 0.3) is 5.91 Å². The van der Waals surface area contributed by atoms with Gasteiger partial charge in [-0.1, -0.05) is 44.2 Å². The average Bonchev–Trinajstić information content (AvgIpc) is 3.62. The first-order valence-electron chi connectivity index (χ1n) is 21.4. The number of benzene rings is 3. The minimum Gasteiger partial charge on any atom is -0.456 e. The van der Waals surface area contributed by atoms with Crippen LogP contribution in [0.25, 0.3) is 44.6 Å². The number of unbranched alkanes of at least 4 members (excludes halogenated alkanes) is 1.